The van der Waals surface area contributed by atoms with E-state index in [1.807, 2.05) is 0 Å². The summed E-state index contributed by atoms with van der Waals surface area (Å²) in [5, 5.41) is 6.90. The fourth-order valence-electron chi connectivity index (χ4n) is 5.10. The van der Waals surface area contributed by atoms with Crippen LogP contribution in [0.1, 0.15) is 11.1 Å². The third kappa shape index (κ3) is 3.20. The van der Waals surface area contributed by atoms with Gasteiger partial charge in [0.25, 0.3) is 0 Å². The molecule has 0 radical (unpaired) electrons. The standard InChI is InChI=1S/C30H26NP/c1-31(2)25-15-17-26(18-16-25)32-19-23-13-11-21-7-3-5-9-27(21)29(23)30-24(20-32)14-12-22-8-4-6-10-28(22)30/h3-18H,19-20H2,1-2H3. The van der Waals surface area contributed by atoms with Crippen LogP contribution in [0.2, 0.25) is 0 Å². The second-order valence-corrected chi connectivity index (χ2v) is 11.1. The van der Waals surface area contributed by atoms with Crippen LogP contribution >= 0.6 is 7.92 Å². The third-order valence-electron chi connectivity index (χ3n) is 6.73. The van der Waals surface area contributed by atoms with Gasteiger partial charge < -0.3 is 4.90 Å². The van der Waals surface area contributed by atoms with Gasteiger partial charge in [-0.3, -0.25) is 0 Å². The van der Waals surface area contributed by atoms with Crippen molar-refractivity contribution in [2.45, 2.75) is 12.3 Å². The molecule has 0 spiro atoms. The first-order valence-corrected chi connectivity index (χ1v) is 12.9. The maximum absolute atomic E-state index is 2.39. The van der Waals surface area contributed by atoms with Crippen molar-refractivity contribution in [3.63, 3.8) is 0 Å². The van der Waals surface area contributed by atoms with Crippen molar-refractivity contribution >= 4 is 40.5 Å². The van der Waals surface area contributed by atoms with E-state index in [9.17, 15) is 0 Å². The average Bonchev–Trinajstić information content (AvgIpc) is 3.01. The van der Waals surface area contributed by atoms with E-state index in [1.165, 1.54) is 54.8 Å². The Morgan fingerprint density at radius 2 is 1.06 bits per heavy atom. The summed E-state index contributed by atoms with van der Waals surface area (Å²) >= 11 is 0. The molecule has 0 unspecified atom stereocenters. The highest BCUT2D eigenvalue weighted by atomic mass is 31.1. The Morgan fingerprint density at radius 3 is 1.56 bits per heavy atom. The summed E-state index contributed by atoms with van der Waals surface area (Å²) in [4.78, 5) is 2.17. The molecule has 1 heterocycles. The van der Waals surface area contributed by atoms with Gasteiger partial charge in [0.05, 0.1) is 0 Å². The van der Waals surface area contributed by atoms with Crippen molar-refractivity contribution in [1.29, 1.82) is 0 Å². The minimum Gasteiger partial charge on any atom is -0.378 e. The summed E-state index contributed by atoms with van der Waals surface area (Å²) in [6.45, 7) is 0. The highest BCUT2D eigenvalue weighted by Gasteiger charge is 2.25. The Morgan fingerprint density at radius 1 is 0.562 bits per heavy atom. The maximum atomic E-state index is 2.39. The number of hydrogen-bond acceptors (Lipinski definition) is 1. The van der Waals surface area contributed by atoms with E-state index in [0.717, 1.165) is 12.3 Å². The molecule has 2 heteroatoms. The zero-order chi connectivity index (χ0) is 21.7. The number of rotatable bonds is 2. The van der Waals surface area contributed by atoms with Crippen LogP contribution in [-0.2, 0) is 12.3 Å². The lowest BCUT2D eigenvalue weighted by Gasteiger charge is -2.19. The largest absolute Gasteiger partial charge is 0.378 e. The van der Waals surface area contributed by atoms with E-state index >= 15 is 0 Å². The quantitative estimate of drug-likeness (QED) is 0.261. The maximum Gasteiger partial charge on any atom is 0.0361 e. The zero-order valence-electron chi connectivity index (χ0n) is 18.5. The number of nitrogens with zero attached hydrogens (tertiary/aromatic N) is 1. The average molecular weight is 432 g/mol. The van der Waals surface area contributed by atoms with E-state index in [-0.39, 0.29) is 7.92 Å². The van der Waals surface area contributed by atoms with Gasteiger partial charge in [-0.05, 0) is 73.6 Å². The summed E-state index contributed by atoms with van der Waals surface area (Å²) in [6.07, 6.45) is 2.25. The lowest BCUT2D eigenvalue weighted by atomic mass is 9.88. The van der Waals surface area contributed by atoms with Crippen molar-refractivity contribution in [3.8, 4) is 11.1 Å². The van der Waals surface area contributed by atoms with Crippen LogP contribution in [0.15, 0.2) is 97.1 Å². The number of anilines is 1. The summed E-state index contributed by atoms with van der Waals surface area (Å²) in [6, 6.07) is 36.4. The van der Waals surface area contributed by atoms with Gasteiger partial charge in [0.15, 0.2) is 0 Å². The predicted octanol–water partition coefficient (Wildman–Crippen LogP) is 7.55. The van der Waals surface area contributed by atoms with E-state index in [2.05, 4.69) is 116 Å². The normalized spacial score (nSPS) is 13.6. The predicted molar refractivity (Wildman–Crippen MR) is 142 cm³/mol. The number of hydrogen-bond donors (Lipinski definition) is 0. The lowest BCUT2D eigenvalue weighted by molar-refractivity contribution is 1.13. The molecule has 0 aromatic heterocycles. The van der Waals surface area contributed by atoms with Gasteiger partial charge in [0, 0.05) is 19.8 Å². The Bertz CT molecular complexity index is 1360. The smallest absolute Gasteiger partial charge is 0.0361 e. The Hall–Kier alpha value is -3.15. The van der Waals surface area contributed by atoms with Gasteiger partial charge in [-0.15, -0.1) is 0 Å². The molecule has 5 aromatic rings. The first-order chi connectivity index (χ1) is 15.7. The fraction of sp³-hybridized carbons (Fsp3) is 0.133. The second-order valence-electron chi connectivity index (χ2n) is 8.91. The molecular formula is C30H26NP. The molecule has 6 rings (SSSR count). The molecule has 0 aliphatic carbocycles. The topological polar surface area (TPSA) is 3.24 Å². The van der Waals surface area contributed by atoms with Crippen molar-refractivity contribution in [3.05, 3.63) is 108 Å². The Labute approximate surface area is 191 Å². The molecule has 156 valence electrons. The molecule has 32 heavy (non-hydrogen) atoms. The molecule has 0 fully saturated rings. The highest BCUT2D eigenvalue weighted by molar-refractivity contribution is 7.64. The van der Waals surface area contributed by atoms with Gasteiger partial charge in [0.1, 0.15) is 0 Å². The van der Waals surface area contributed by atoms with Crippen molar-refractivity contribution in [1.82, 2.24) is 0 Å². The Balaban J connectivity index is 1.61. The molecule has 1 aliphatic rings. The summed E-state index contributed by atoms with van der Waals surface area (Å²) < 4.78 is 0. The number of fused-ring (bicyclic) bond motifs is 7. The van der Waals surface area contributed by atoms with Crippen LogP contribution in [0, 0.1) is 0 Å². The van der Waals surface area contributed by atoms with Crippen LogP contribution in [0.5, 0.6) is 0 Å². The molecule has 0 atom stereocenters. The van der Waals surface area contributed by atoms with E-state index in [1.54, 1.807) is 0 Å². The van der Waals surface area contributed by atoms with E-state index in [4.69, 9.17) is 0 Å². The number of benzene rings is 5. The molecule has 0 bridgehead atoms. The molecular weight excluding hydrogens is 405 g/mol. The van der Waals surface area contributed by atoms with Crippen LogP contribution in [0.4, 0.5) is 5.69 Å². The summed E-state index contributed by atoms with van der Waals surface area (Å²) in [5.74, 6) is 0. The van der Waals surface area contributed by atoms with Gasteiger partial charge in [-0.2, -0.15) is 0 Å². The van der Waals surface area contributed by atoms with Gasteiger partial charge >= 0.3 is 0 Å². The lowest BCUT2D eigenvalue weighted by Crippen LogP contribution is -2.10. The first-order valence-electron chi connectivity index (χ1n) is 11.2. The zero-order valence-corrected chi connectivity index (χ0v) is 19.4. The Kier molecular flexibility index (Phi) is 4.74. The van der Waals surface area contributed by atoms with Crippen LogP contribution in [0.3, 0.4) is 0 Å². The third-order valence-corrected chi connectivity index (χ3v) is 9.21. The molecule has 0 N–H and O–H groups in total. The molecule has 5 aromatic carbocycles. The van der Waals surface area contributed by atoms with Crippen molar-refractivity contribution in [2.75, 3.05) is 19.0 Å². The van der Waals surface area contributed by atoms with Crippen molar-refractivity contribution < 1.29 is 0 Å². The molecule has 0 amide bonds. The van der Waals surface area contributed by atoms with Crippen LogP contribution in [0.25, 0.3) is 32.7 Å². The van der Waals surface area contributed by atoms with Gasteiger partial charge in [0.2, 0.25) is 0 Å². The highest BCUT2D eigenvalue weighted by Crippen LogP contribution is 2.52. The summed E-state index contributed by atoms with van der Waals surface area (Å²) in [5.41, 5.74) is 7.13. The molecule has 0 saturated carbocycles. The summed E-state index contributed by atoms with van der Waals surface area (Å²) in [7, 11) is 3.88. The van der Waals surface area contributed by atoms with Gasteiger partial charge in [-0.25, -0.2) is 0 Å². The van der Waals surface area contributed by atoms with Crippen LogP contribution < -0.4 is 10.2 Å². The van der Waals surface area contributed by atoms with Crippen molar-refractivity contribution in [2.24, 2.45) is 0 Å². The minimum absolute atomic E-state index is 0.328. The molecule has 0 saturated heterocycles. The molecule has 1 nitrogen and oxygen atoms in total. The van der Waals surface area contributed by atoms with E-state index in [0.29, 0.717) is 0 Å². The first kappa shape index (κ1) is 19.5. The van der Waals surface area contributed by atoms with E-state index < -0.39 is 0 Å². The second kappa shape index (κ2) is 7.76. The minimum atomic E-state index is -0.328. The fourth-order valence-corrected chi connectivity index (χ4v) is 7.50. The SMILES string of the molecule is CN(C)c1ccc(P2Cc3ccc4ccccc4c3-c3c(ccc4ccccc34)C2)cc1. The van der Waals surface area contributed by atoms with Gasteiger partial charge in [-0.1, -0.05) is 92.9 Å². The molecule has 1 aliphatic heterocycles. The van der Waals surface area contributed by atoms with Crippen LogP contribution in [-0.4, -0.2) is 14.1 Å². The monoisotopic (exact) mass is 431 g/mol.